The lowest BCUT2D eigenvalue weighted by Gasteiger charge is -2.46. The summed E-state index contributed by atoms with van der Waals surface area (Å²) in [5.74, 6) is -0.553. The first-order valence-electron chi connectivity index (χ1n) is 11.6. The van der Waals surface area contributed by atoms with Gasteiger partial charge in [0, 0.05) is 30.8 Å². The number of nitrogens with two attached hydrogens (primary N) is 1. The molecular formula is C25H37FN4O3. The average Bonchev–Trinajstić information content (AvgIpc) is 3.00. The van der Waals surface area contributed by atoms with Crippen molar-refractivity contribution in [1.29, 1.82) is 0 Å². The number of hydrogen-bond donors (Lipinski definition) is 2. The van der Waals surface area contributed by atoms with Gasteiger partial charge in [0.1, 0.15) is 11.4 Å². The Bertz CT molecular complexity index is 974. The number of halogens is 1. The molecule has 0 spiro atoms. The first kappa shape index (κ1) is 25.0. The van der Waals surface area contributed by atoms with Gasteiger partial charge in [0.15, 0.2) is 5.96 Å². The Morgan fingerprint density at radius 2 is 1.94 bits per heavy atom. The molecule has 33 heavy (non-hydrogen) atoms. The Morgan fingerprint density at radius 1 is 1.27 bits per heavy atom. The fraction of sp³-hybridized carbons (Fsp3) is 0.640. The van der Waals surface area contributed by atoms with Crippen molar-refractivity contribution in [2.45, 2.75) is 72.4 Å². The van der Waals surface area contributed by atoms with Crippen LogP contribution >= 0.6 is 0 Å². The number of anilines is 1. The largest absolute Gasteiger partial charge is 0.466 e. The van der Waals surface area contributed by atoms with Gasteiger partial charge in [0.25, 0.3) is 0 Å². The minimum atomic E-state index is -1.17. The van der Waals surface area contributed by atoms with Gasteiger partial charge in [-0.25, -0.2) is 9.38 Å². The lowest BCUT2D eigenvalue weighted by Crippen LogP contribution is -2.58. The van der Waals surface area contributed by atoms with Crippen LogP contribution in [0.25, 0.3) is 0 Å². The molecule has 0 radical (unpaired) electrons. The number of guanidine groups is 1. The summed E-state index contributed by atoms with van der Waals surface area (Å²) in [5, 5.41) is 3.55. The highest BCUT2D eigenvalue weighted by atomic mass is 19.1. The van der Waals surface area contributed by atoms with E-state index in [0.717, 1.165) is 18.5 Å². The van der Waals surface area contributed by atoms with Crippen LogP contribution < -0.4 is 11.1 Å². The molecule has 1 amide bonds. The van der Waals surface area contributed by atoms with Gasteiger partial charge in [-0.3, -0.25) is 14.5 Å². The van der Waals surface area contributed by atoms with Gasteiger partial charge in [-0.1, -0.05) is 13.8 Å². The van der Waals surface area contributed by atoms with Crippen molar-refractivity contribution in [3.05, 3.63) is 29.6 Å². The Labute approximate surface area is 196 Å². The second-order valence-corrected chi connectivity index (χ2v) is 10.5. The van der Waals surface area contributed by atoms with Gasteiger partial charge in [0.05, 0.1) is 12.0 Å². The number of benzene rings is 1. The number of nitrogens with zero attached hydrogens (tertiary/aromatic N) is 2. The molecule has 182 valence electrons. The highest BCUT2D eigenvalue weighted by Gasteiger charge is 2.54. The highest BCUT2D eigenvalue weighted by molar-refractivity contribution is 6.01. The number of esters is 1. The number of ether oxygens (including phenoxy) is 1. The fourth-order valence-corrected chi connectivity index (χ4v) is 5.20. The lowest BCUT2D eigenvalue weighted by atomic mass is 9.67. The van der Waals surface area contributed by atoms with Crippen LogP contribution in [0.5, 0.6) is 0 Å². The normalized spacial score (nSPS) is 28.4. The number of hydrogen-bond acceptors (Lipinski definition) is 6. The molecule has 3 rings (SSSR count). The van der Waals surface area contributed by atoms with Crippen molar-refractivity contribution >= 4 is 23.5 Å². The molecule has 8 heteroatoms. The van der Waals surface area contributed by atoms with Crippen molar-refractivity contribution in [2.75, 3.05) is 19.0 Å². The van der Waals surface area contributed by atoms with E-state index in [1.54, 1.807) is 40.0 Å². The summed E-state index contributed by atoms with van der Waals surface area (Å²) in [6.45, 7) is 11.8. The third kappa shape index (κ3) is 4.20. The maximum atomic E-state index is 15.1. The molecule has 1 aliphatic heterocycles. The van der Waals surface area contributed by atoms with Crippen molar-refractivity contribution in [2.24, 2.45) is 27.5 Å². The van der Waals surface area contributed by atoms with E-state index in [2.05, 4.69) is 24.2 Å². The maximum absolute atomic E-state index is 15.1. The Hall–Kier alpha value is -2.64. The minimum absolute atomic E-state index is 0.0679. The van der Waals surface area contributed by atoms with Crippen LogP contribution in [0.3, 0.4) is 0 Å². The zero-order valence-corrected chi connectivity index (χ0v) is 20.8. The van der Waals surface area contributed by atoms with Crippen LogP contribution in [0.15, 0.2) is 23.2 Å². The maximum Gasteiger partial charge on any atom is 0.306 e. The first-order valence-corrected chi connectivity index (χ1v) is 11.6. The topological polar surface area (TPSA) is 97.0 Å². The van der Waals surface area contributed by atoms with Crippen LogP contribution in [0.1, 0.15) is 66.4 Å². The molecule has 1 aromatic rings. The number of rotatable bonds is 6. The van der Waals surface area contributed by atoms with Gasteiger partial charge >= 0.3 is 5.97 Å². The minimum Gasteiger partial charge on any atom is -0.466 e. The number of carbonyl (C=O) groups excluding carboxylic acids is 2. The van der Waals surface area contributed by atoms with E-state index in [-0.39, 0.29) is 35.2 Å². The molecule has 2 aliphatic rings. The zero-order chi connectivity index (χ0) is 24.8. The predicted octanol–water partition coefficient (Wildman–Crippen LogP) is 4.02. The van der Waals surface area contributed by atoms with Crippen LogP contribution in [0.2, 0.25) is 0 Å². The summed E-state index contributed by atoms with van der Waals surface area (Å²) in [5.41, 5.74) is 4.76. The van der Waals surface area contributed by atoms with E-state index in [4.69, 9.17) is 10.5 Å². The van der Waals surface area contributed by atoms with Crippen molar-refractivity contribution in [3.63, 3.8) is 0 Å². The van der Waals surface area contributed by atoms with Gasteiger partial charge in [-0.2, -0.15) is 0 Å². The van der Waals surface area contributed by atoms with E-state index in [9.17, 15) is 9.59 Å². The molecule has 7 nitrogen and oxygen atoms in total. The summed E-state index contributed by atoms with van der Waals surface area (Å²) >= 11 is 0. The third-order valence-corrected chi connectivity index (χ3v) is 8.04. The fourth-order valence-electron chi connectivity index (χ4n) is 5.20. The molecule has 0 bridgehead atoms. The van der Waals surface area contributed by atoms with Gasteiger partial charge in [-0.15, -0.1) is 0 Å². The van der Waals surface area contributed by atoms with Crippen molar-refractivity contribution < 1.29 is 18.7 Å². The molecule has 1 fully saturated rings. The zero-order valence-electron chi connectivity index (χ0n) is 20.8. The van der Waals surface area contributed by atoms with Crippen LogP contribution in [-0.2, 0) is 19.9 Å². The number of nitrogens with one attached hydrogen (secondary N) is 1. The smallest absolute Gasteiger partial charge is 0.306 e. The summed E-state index contributed by atoms with van der Waals surface area (Å²) in [4.78, 5) is 30.9. The van der Waals surface area contributed by atoms with E-state index in [1.165, 1.54) is 11.0 Å². The quantitative estimate of drug-likeness (QED) is 0.625. The first-order chi connectivity index (χ1) is 15.3. The number of aliphatic imine (C=N–C) groups is 1. The molecule has 0 aromatic heterocycles. The predicted molar refractivity (Wildman–Crippen MR) is 127 cm³/mol. The van der Waals surface area contributed by atoms with Gasteiger partial charge < -0.3 is 15.8 Å². The third-order valence-electron chi connectivity index (χ3n) is 8.04. The standard InChI is InChI=1S/C25H37FN4O3/c1-8-33-20(31)13-15-9-12-19(23(15,2)3)28-16-10-11-18(26)17(14-16)25(6)24(4,5)21(32)30(7)22(27)29-25/h10-11,14-15,19,28H,8-9,12-13H2,1-7H3,(H2,27,29)/t15?,19?,25-/m1/s1. The molecule has 1 aromatic carbocycles. The molecular weight excluding hydrogens is 423 g/mol. The average molecular weight is 461 g/mol. The second-order valence-electron chi connectivity index (χ2n) is 10.5. The molecule has 3 atom stereocenters. The number of carbonyl (C=O) groups is 2. The Kier molecular flexibility index (Phi) is 6.52. The monoisotopic (exact) mass is 460 g/mol. The molecule has 1 aliphatic carbocycles. The van der Waals surface area contributed by atoms with E-state index in [0.29, 0.717) is 18.6 Å². The van der Waals surface area contributed by atoms with E-state index < -0.39 is 16.8 Å². The van der Waals surface area contributed by atoms with E-state index >= 15 is 4.39 Å². The number of amides is 1. The summed E-state index contributed by atoms with van der Waals surface area (Å²) in [6.07, 6.45) is 2.19. The molecule has 0 saturated heterocycles. The van der Waals surface area contributed by atoms with Gasteiger partial charge in [0.2, 0.25) is 5.91 Å². The van der Waals surface area contributed by atoms with Crippen LogP contribution in [0.4, 0.5) is 10.1 Å². The van der Waals surface area contributed by atoms with Crippen molar-refractivity contribution in [3.8, 4) is 0 Å². The Morgan fingerprint density at radius 3 is 2.58 bits per heavy atom. The molecule has 1 saturated carbocycles. The lowest BCUT2D eigenvalue weighted by molar-refractivity contribution is -0.145. The summed E-state index contributed by atoms with van der Waals surface area (Å²) in [6, 6.07) is 4.95. The molecule has 2 unspecified atom stereocenters. The Balaban J connectivity index is 1.90. The summed E-state index contributed by atoms with van der Waals surface area (Å²) < 4.78 is 20.3. The van der Waals surface area contributed by atoms with Crippen molar-refractivity contribution in [1.82, 2.24) is 4.90 Å². The second kappa shape index (κ2) is 8.61. The summed E-state index contributed by atoms with van der Waals surface area (Å²) in [7, 11) is 1.58. The van der Waals surface area contributed by atoms with Crippen LogP contribution in [0, 0.1) is 22.6 Å². The molecule has 1 heterocycles. The molecule has 3 N–H and O–H groups in total. The SMILES string of the molecule is CCOC(=O)CC1CCC(Nc2ccc(F)c([C@@]3(C)N=C(N)N(C)C(=O)C3(C)C)c2)C1(C)C. The van der Waals surface area contributed by atoms with Crippen LogP contribution in [-0.4, -0.2) is 42.4 Å². The highest BCUT2D eigenvalue weighted by Crippen LogP contribution is 2.49. The van der Waals surface area contributed by atoms with E-state index in [1.807, 2.05) is 6.92 Å². The van der Waals surface area contributed by atoms with Gasteiger partial charge in [-0.05, 0) is 70.1 Å².